The van der Waals surface area contributed by atoms with Gasteiger partial charge < -0.3 is 15.0 Å². The molecule has 2 aliphatic heterocycles. The van der Waals surface area contributed by atoms with E-state index in [2.05, 4.69) is 20.1 Å². The number of hydrogen-bond donors (Lipinski definition) is 1. The number of guanidine groups is 1. The molecule has 2 heterocycles. The molecule has 0 spiro atoms. The molecule has 1 atom stereocenters. The van der Waals surface area contributed by atoms with Crippen LogP contribution in [0.2, 0.25) is 0 Å². The van der Waals surface area contributed by atoms with E-state index in [-0.39, 0.29) is 29.8 Å². The Labute approximate surface area is 173 Å². The Morgan fingerprint density at radius 1 is 1.31 bits per heavy atom. The average Bonchev–Trinajstić information content (AvgIpc) is 3.29. The number of benzene rings is 1. The molecule has 1 N–H and O–H groups in total. The van der Waals surface area contributed by atoms with Gasteiger partial charge in [0.2, 0.25) is 0 Å². The summed E-state index contributed by atoms with van der Waals surface area (Å²) in [7, 11) is 1.81. The Morgan fingerprint density at radius 3 is 2.73 bits per heavy atom. The van der Waals surface area contributed by atoms with Crippen molar-refractivity contribution in [3.8, 4) is 5.75 Å². The van der Waals surface area contributed by atoms with Gasteiger partial charge in [-0.2, -0.15) is 0 Å². The summed E-state index contributed by atoms with van der Waals surface area (Å²) in [5, 5.41) is 3.37. The van der Waals surface area contributed by atoms with Crippen LogP contribution in [0, 0.1) is 5.82 Å². The predicted molar refractivity (Wildman–Crippen MR) is 114 cm³/mol. The highest BCUT2D eigenvalue weighted by Gasteiger charge is 2.30. The van der Waals surface area contributed by atoms with Crippen molar-refractivity contribution in [1.29, 1.82) is 0 Å². The lowest BCUT2D eigenvalue weighted by molar-refractivity contribution is 0.249. The molecule has 0 aliphatic carbocycles. The molecule has 1 unspecified atom stereocenters. The molecule has 0 saturated carbocycles. The molecule has 5 nitrogen and oxygen atoms in total. The fourth-order valence-corrected chi connectivity index (χ4v) is 3.78. The zero-order chi connectivity index (χ0) is 17.6. The Bertz CT molecular complexity index is 607. The van der Waals surface area contributed by atoms with Gasteiger partial charge in [-0.05, 0) is 57.0 Å². The first-order valence-electron chi connectivity index (χ1n) is 9.32. The summed E-state index contributed by atoms with van der Waals surface area (Å²) in [5.74, 6) is 0.894. The van der Waals surface area contributed by atoms with E-state index in [4.69, 9.17) is 4.74 Å². The van der Waals surface area contributed by atoms with E-state index in [1.807, 2.05) is 20.0 Å². The van der Waals surface area contributed by atoms with Gasteiger partial charge in [0.05, 0.1) is 6.61 Å². The molecular formula is C19H30FIN4O. The van der Waals surface area contributed by atoms with Gasteiger partial charge in [0.15, 0.2) is 17.5 Å². The highest BCUT2D eigenvalue weighted by Crippen LogP contribution is 2.21. The molecule has 1 aromatic rings. The van der Waals surface area contributed by atoms with Crippen molar-refractivity contribution in [2.45, 2.75) is 38.8 Å². The summed E-state index contributed by atoms with van der Waals surface area (Å²) >= 11 is 0. The minimum Gasteiger partial charge on any atom is -0.491 e. The van der Waals surface area contributed by atoms with Crippen molar-refractivity contribution in [3.63, 3.8) is 0 Å². The topological polar surface area (TPSA) is 40.1 Å². The maximum Gasteiger partial charge on any atom is 0.193 e. The second-order valence-electron chi connectivity index (χ2n) is 6.73. The third-order valence-electron chi connectivity index (χ3n) is 5.08. The quantitative estimate of drug-likeness (QED) is 0.403. The number of nitrogens with zero attached hydrogens (tertiary/aromatic N) is 3. The van der Waals surface area contributed by atoms with Crippen molar-refractivity contribution in [2.75, 3.05) is 39.8 Å². The largest absolute Gasteiger partial charge is 0.491 e. The van der Waals surface area contributed by atoms with Gasteiger partial charge in [-0.25, -0.2) is 4.39 Å². The number of rotatable bonds is 5. The van der Waals surface area contributed by atoms with E-state index in [0.717, 1.165) is 24.6 Å². The van der Waals surface area contributed by atoms with Crippen molar-refractivity contribution in [1.82, 2.24) is 15.1 Å². The zero-order valence-electron chi connectivity index (χ0n) is 15.7. The van der Waals surface area contributed by atoms with Crippen LogP contribution in [0.15, 0.2) is 23.2 Å². The van der Waals surface area contributed by atoms with E-state index < -0.39 is 0 Å². The Hall–Kier alpha value is -1.09. The normalized spacial score (nSPS) is 21.0. The summed E-state index contributed by atoms with van der Waals surface area (Å²) in [4.78, 5) is 9.33. The summed E-state index contributed by atoms with van der Waals surface area (Å²) in [5.41, 5.74) is 0.886. The molecule has 0 radical (unpaired) electrons. The van der Waals surface area contributed by atoms with Crippen LogP contribution in [0.4, 0.5) is 4.39 Å². The maximum absolute atomic E-state index is 14.0. The zero-order valence-corrected chi connectivity index (χ0v) is 18.0. The molecule has 0 amide bonds. The van der Waals surface area contributed by atoms with Gasteiger partial charge in [-0.15, -0.1) is 24.0 Å². The number of hydrogen-bond acceptors (Lipinski definition) is 3. The third kappa shape index (κ3) is 5.22. The molecule has 146 valence electrons. The molecule has 2 saturated heterocycles. The second kappa shape index (κ2) is 10.3. The molecule has 1 aromatic carbocycles. The van der Waals surface area contributed by atoms with Crippen LogP contribution in [0.3, 0.4) is 0 Å². The highest BCUT2D eigenvalue weighted by atomic mass is 127. The van der Waals surface area contributed by atoms with Crippen LogP contribution < -0.4 is 10.1 Å². The van der Waals surface area contributed by atoms with Crippen LogP contribution in [-0.2, 0) is 6.54 Å². The SMILES string of the molecule is CCOc1ccc(CNC(=NC)N2CCC(N3CCCC3)C2)cc1F.I. The highest BCUT2D eigenvalue weighted by molar-refractivity contribution is 14.0. The van der Waals surface area contributed by atoms with Crippen molar-refractivity contribution in [3.05, 3.63) is 29.6 Å². The molecule has 2 aliphatic rings. The molecule has 0 bridgehead atoms. The minimum absolute atomic E-state index is 0. The number of nitrogens with one attached hydrogen (secondary N) is 1. The second-order valence-corrected chi connectivity index (χ2v) is 6.73. The number of aliphatic imine (C=N–C) groups is 1. The Kier molecular flexibility index (Phi) is 8.40. The van der Waals surface area contributed by atoms with Crippen LogP contribution in [0.1, 0.15) is 31.7 Å². The van der Waals surface area contributed by atoms with Gasteiger partial charge in [0.25, 0.3) is 0 Å². The number of ether oxygens (including phenoxy) is 1. The van der Waals surface area contributed by atoms with E-state index in [1.54, 1.807) is 6.07 Å². The average molecular weight is 476 g/mol. The van der Waals surface area contributed by atoms with E-state index in [0.29, 0.717) is 24.9 Å². The minimum atomic E-state index is -0.314. The Balaban J connectivity index is 0.00000243. The van der Waals surface area contributed by atoms with E-state index in [9.17, 15) is 4.39 Å². The van der Waals surface area contributed by atoms with Gasteiger partial charge >= 0.3 is 0 Å². The van der Waals surface area contributed by atoms with Crippen molar-refractivity contribution < 1.29 is 9.13 Å². The molecule has 7 heteroatoms. The Morgan fingerprint density at radius 2 is 2.08 bits per heavy atom. The van der Waals surface area contributed by atoms with E-state index >= 15 is 0 Å². The van der Waals surface area contributed by atoms with E-state index in [1.165, 1.54) is 38.4 Å². The first-order chi connectivity index (χ1) is 12.2. The van der Waals surface area contributed by atoms with Crippen LogP contribution >= 0.6 is 24.0 Å². The number of likely N-dealkylation sites (tertiary alicyclic amines) is 2. The molecule has 26 heavy (non-hydrogen) atoms. The lowest BCUT2D eigenvalue weighted by atomic mass is 10.2. The van der Waals surface area contributed by atoms with Gasteiger partial charge in [-0.3, -0.25) is 9.89 Å². The smallest absolute Gasteiger partial charge is 0.193 e. The van der Waals surface area contributed by atoms with Crippen molar-refractivity contribution in [2.24, 2.45) is 4.99 Å². The molecular weight excluding hydrogens is 446 g/mol. The lowest BCUT2D eigenvalue weighted by Gasteiger charge is -2.25. The first kappa shape index (κ1) is 21.2. The third-order valence-corrected chi connectivity index (χ3v) is 5.08. The number of halogens is 2. The van der Waals surface area contributed by atoms with Crippen LogP contribution in [-0.4, -0.2) is 61.6 Å². The summed E-state index contributed by atoms with van der Waals surface area (Å²) < 4.78 is 19.2. The summed E-state index contributed by atoms with van der Waals surface area (Å²) in [6.45, 7) is 7.39. The van der Waals surface area contributed by atoms with Crippen LogP contribution in [0.25, 0.3) is 0 Å². The molecule has 3 rings (SSSR count). The first-order valence-corrected chi connectivity index (χ1v) is 9.32. The summed E-state index contributed by atoms with van der Waals surface area (Å²) in [6.07, 6.45) is 3.85. The lowest BCUT2D eigenvalue weighted by Crippen LogP contribution is -2.42. The molecule has 2 fully saturated rings. The van der Waals surface area contributed by atoms with Gasteiger partial charge in [0, 0.05) is 32.7 Å². The van der Waals surface area contributed by atoms with Gasteiger partial charge in [0.1, 0.15) is 0 Å². The fourth-order valence-electron chi connectivity index (χ4n) is 3.78. The van der Waals surface area contributed by atoms with Gasteiger partial charge in [-0.1, -0.05) is 6.07 Å². The summed E-state index contributed by atoms with van der Waals surface area (Å²) in [6, 6.07) is 5.76. The maximum atomic E-state index is 14.0. The van der Waals surface area contributed by atoms with Crippen LogP contribution in [0.5, 0.6) is 5.75 Å². The fraction of sp³-hybridized carbons (Fsp3) is 0.632. The van der Waals surface area contributed by atoms with Crippen molar-refractivity contribution >= 4 is 29.9 Å². The molecule has 0 aromatic heterocycles. The predicted octanol–water partition coefficient (Wildman–Crippen LogP) is 3.09. The standard InChI is InChI=1S/C19H29FN4O.HI/c1-3-25-18-7-6-15(12-17(18)20)13-22-19(21-2)24-11-8-16(14-24)23-9-4-5-10-23;/h6-7,12,16H,3-5,8-11,13-14H2,1-2H3,(H,21,22);1H. The monoisotopic (exact) mass is 476 g/mol.